The number of esters is 1. The van der Waals surface area contributed by atoms with Crippen LogP contribution in [0.5, 0.6) is 0 Å². The molecule has 122 valence electrons. The number of carbonyl (C=O) groups excluding carboxylic acids is 2. The van der Waals surface area contributed by atoms with Crippen LogP contribution < -0.4 is 5.32 Å². The Kier molecular flexibility index (Phi) is 5.65. The molecule has 0 amide bonds. The van der Waals surface area contributed by atoms with Gasteiger partial charge in [0.05, 0.1) is 23.3 Å². The lowest BCUT2D eigenvalue weighted by molar-refractivity contribution is -0.383. The summed E-state index contributed by atoms with van der Waals surface area (Å²) in [5.41, 5.74) is -0.498. The molecular formula is C14H20N2O5S. The lowest BCUT2D eigenvalue weighted by atomic mass is 10.0. The van der Waals surface area contributed by atoms with Gasteiger partial charge in [-0.3, -0.25) is 19.7 Å². The van der Waals surface area contributed by atoms with Crippen molar-refractivity contribution in [3.05, 3.63) is 21.1 Å². The zero-order valence-corrected chi connectivity index (χ0v) is 14.1. The van der Waals surface area contributed by atoms with Crippen molar-refractivity contribution in [1.82, 2.24) is 0 Å². The van der Waals surface area contributed by atoms with Gasteiger partial charge in [0.25, 0.3) is 0 Å². The van der Waals surface area contributed by atoms with Crippen molar-refractivity contribution >= 4 is 33.8 Å². The van der Waals surface area contributed by atoms with E-state index in [1.54, 1.807) is 6.92 Å². The van der Waals surface area contributed by atoms with Gasteiger partial charge in [-0.25, -0.2) is 0 Å². The number of methoxy groups -OCH3 is 1. The van der Waals surface area contributed by atoms with Crippen LogP contribution in [0.3, 0.4) is 0 Å². The maximum atomic E-state index is 12.3. The number of nitrogens with zero attached hydrogens (tertiary/aromatic N) is 1. The van der Waals surface area contributed by atoms with Gasteiger partial charge in [-0.1, -0.05) is 6.92 Å². The number of rotatable bonds is 6. The van der Waals surface area contributed by atoms with E-state index >= 15 is 0 Å². The van der Waals surface area contributed by atoms with E-state index in [0.717, 1.165) is 11.3 Å². The van der Waals surface area contributed by atoms with Crippen LogP contribution in [0.4, 0.5) is 10.7 Å². The number of thiophene rings is 1. The van der Waals surface area contributed by atoms with Crippen LogP contribution in [-0.2, 0) is 9.53 Å². The minimum absolute atomic E-state index is 0.0525. The highest BCUT2D eigenvalue weighted by Crippen LogP contribution is 2.37. The molecule has 0 aliphatic heterocycles. The first-order valence-corrected chi connectivity index (χ1v) is 7.54. The first-order valence-electron chi connectivity index (χ1n) is 6.72. The number of hydrogen-bond acceptors (Lipinski definition) is 7. The second-order valence-electron chi connectivity index (χ2n) is 6.00. The Morgan fingerprint density at radius 2 is 2.05 bits per heavy atom. The molecule has 7 nitrogen and oxygen atoms in total. The van der Waals surface area contributed by atoms with Crippen LogP contribution in [0.25, 0.3) is 0 Å². The molecule has 1 N–H and O–H groups in total. The Hall–Kier alpha value is -1.96. The number of anilines is 1. The Morgan fingerprint density at radius 3 is 2.50 bits per heavy atom. The molecule has 1 unspecified atom stereocenters. The van der Waals surface area contributed by atoms with Crippen LogP contribution in [0.2, 0.25) is 0 Å². The molecule has 22 heavy (non-hydrogen) atoms. The van der Waals surface area contributed by atoms with E-state index < -0.39 is 16.8 Å². The van der Waals surface area contributed by atoms with Gasteiger partial charge in [-0.2, -0.15) is 0 Å². The molecule has 1 rings (SSSR count). The summed E-state index contributed by atoms with van der Waals surface area (Å²) in [5, 5.41) is 14.5. The number of ether oxygens (including phenoxy) is 1. The van der Waals surface area contributed by atoms with Crippen molar-refractivity contribution in [2.45, 2.75) is 39.7 Å². The second kappa shape index (κ2) is 6.87. The molecule has 1 heterocycles. The molecule has 1 aromatic rings. The molecule has 1 atom stereocenters. The van der Waals surface area contributed by atoms with E-state index in [9.17, 15) is 19.7 Å². The van der Waals surface area contributed by atoms with Gasteiger partial charge in [0.15, 0.2) is 10.8 Å². The third-order valence-corrected chi connectivity index (χ3v) is 3.84. The average Bonchev–Trinajstić information content (AvgIpc) is 2.79. The minimum atomic E-state index is -0.590. The smallest absolute Gasteiger partial charge is 0.306 e. The lowest BCUT2D eigenvalue weighted by Crippen LogP contribution is -2.25. The number of Topliss-reactive ketones (excluding diaryl/α,β-unsaturated/α-hetero) is 1. The predicted octanol–water partition coefficient (Wildman–Crippen LogP) is 3.25. The van der Waals surface area contributed by atoms with Crippen molar-refractivity contribution in [3.8, 4) is 0 Å². The molecule has 0 saturated heterocycles. The van der Waals surface area contributed by atoms with Gasteiger partial charge in [0, 0.05) is 17.5 Å². The lowest BCUT2D eigenvalue weighted by Gasteiger charge is -2.20. The molecule has 1 aromatic heterocycles. The van der Waals surface area contributed by atoms with Gasteiger partial charge in [0.1, 0.15) is 0 Å². The number of ketones is 1. The fourth-order valence-corrected chi connectivity index (χ4v) is 3.02. The molecule has 0 bridgehead atoms. The number of carbonyl (C=O) groups is 2. The van der Waals surface area contributed by atoms with E-state index in [1.165, 1.54) is 13.2 Å². The highest BCUT2D eigenvalue weighted by molar-refractivity contribution is 7.18. The first-order chi connectivity index (χ1) is 10.0. The van der Waals surface area contributed by atoms with Crippen LogP contribution >= 0.6 is 11.3 Å². The third-order valence-electron chi connectivity index (χ3n) is 2.79. The Labute approximate surface area is 132 Å². The van der Waals surface area contributed by atoms with Crippen molar-refractivity contribution in [3.63, 3.8) is 0 Å². The van der Waals surface area contributed by atoms with Gasteiger partial charge in [0.2, 0.25) is 0 Å². The molecule has 0 spiro atoms. The summed E-state index contributed by atoms with van der Waals surface area (Å²) in [5.74, 6) is -1.38. The van der Waals surface area contributed by atoms with Gasteiger partial charge >= 0.3 is 11.7 Å². The number of nitrogens with one attached hydrogen (secondary N) is 1. The zero-order valence-electron chi connectivity index (χ0n) is 13.3. The summed E-state index contributed by atoms with van der Waals surface area (Å²) in [6, 6.07) is 1.26. The Balaban J connectivity index is 3.05. The van der Waals surface area contributed by atoms with E-state index in [0.29, 0.717) is 5.00 Å². The van der Waals surface area contributed by atoms with Crippen LogP contribution in [0, 0.1) is 16.0 Å². The number of nitro groups is 1. The van der Waals surface area contributed by atoms with Crippen molar-refractivity contribution in [2.75, 3.05) is 12.4 Å². The Morgan fingerprint density at radius 1 is 1.45 bits per heavy atom. The van der Waals surface area contributed by atoms with E-state index in [1.807, 2.05) is 20.8 Å². The highest BCUT2D eigenvalue weighted by Gasteiger charge is 2.28. The molecule has 0 aliphatic rings. The summed E-state index contributed by atoms with van der Waals surface area (Å²) in [4.78, 5) is 34.4. The standard InChI is InChI=1S/C14H20N2O5S/c1-8(6-11(17)21-5)12(18)10-7-9(16(19)20)13(22-10)15-14(2,3)4/h7-8,15H,6H2,1-5H3. The van der Waals surface area contributed by atoms with Crippen LogP contribution in [-0.4, -0.2) is 29.3 Å². The monoisotopic (exact) mass is 328 g/mol. The quantitative estimate of drug-likeness (QED) is 0.372. The molecule has 0 aliphatic carbocycles. The van der Waals surface area contributed by atoms with Gasteiger partial charge < -0.3 is 10.1 Å². The van der Waals surface area contributed by atoms with Crippen molar-refractivity contribution in [2.24, 2.45) is 5.92 Å². The molecule has 0 aromatic carbocycles. The predicted molar refractivity (Wildman–Crippen MR) is 84.5 cm³/mol. The van der Waals surface area contributed by atoms with E-state index in [4.69, 9.17) is 0 Å². The molecule has 0 saturated carbocycles. The SMILES string of the molecule is COC(=O)CC(C)C(=O)c1cc([N+](=O)[O-])c(NC(C)(C)C)s1. The fourth-order valence-electron chi connectivity index (χ4n) is 1.74. The summed E-state index contributed by atoms with van der Waals surface area (Å²) in [6.07, 6.45) is -0.0525. The largest absolute Gasteiger partial charge is 0.469 e. The van der Waals surface area contributed by atoms with E-state index in [-0.39, 0.29) is 28.3 Å². The van der Waals surface area contributed by atoms with Crippen molar-refractivity contribution in [1.29, 1.82) is 0 Å². The molecular weight excluding hydrogens is 308 g/mol. The summed E-state index contributed by atoms with van der Waals surface area (Å²) in [7, 11) is 1.25. The summed E-state index contributed by atoms with van der Waals surface area (Å²) < 4.78 is 4.53. The van der Waals surface area contributed by atoms with Crippen molar-refractivity contribution < 1.29 is 19.2 Å². The fraction of sp³-hybridized carbons (Fsp3) is 0.571. The maximum absolute atomic E-state index is 12.3. The van der Waals surface area contributed by atoms with Crippen LogP contribution in [0.1, 0.15) is 43.8 Å². The van der Waals surface area contributed by atoms with Crippen LogP contribution in [0.15, 0.2) is 6.07 Å². The van der Waals surface area contributed by atoms with Gasteiger partial charge in [-0.15, -0.1) is 11.3 Å². The molecule has 8 heteroatoms. The summed E-state index contributed by atoms with van der Waals surface area (Å²) in [6.45, 7) is 7.22. The Bertz CT molecular complexity index is 589. The maximum Gasteiger partial charge on any atom is 0.306 e. The second-order valence-corrected chi connectivity index (χ2v) is 7.05. The zero-order chi connectivity index (χ0) is 17.1. The summed E-state index contributed by atoms with van der Waals surface area (Å²) >= 11 is 1.03. The van der Waals surface area contributed by atoms with Gasteiger partial charge in [-0.05, 0) is 20.8 Å². The molecule has 0 fully saturated rings. The highest BCUT2D eigenvalue weighted by atomic mass is 32.1. The topological polar surface area (TPSA) is 98.5 Å². The van der Waals surface area contributed by atoms with E-state index in [2.05, 4.69) is 10.1 Å². The average molecular weight is 328 g/mol. The number of hydrogen-bond donors (Lipinski definition) is 1. The minimum Gasteiger partial charge on any atom is -0.469 e. The third kappa shape index (κ3) is 4.80. The first kappa shape index (κ1) is 18.1. The normalized spacial score (nSPS) is 12.6. The molecule has 0 radical (unpaired) electrons.